The molecular formula is C12H21N5O3. The minimum Gasteiger partial charge on any atom is -0.480 e. The molecule has 0 unspecified atom stereocenters. The maximum Gasteiger partial charge on any atom is 0.325 e. The lowest BCUT2D eigenvalue weighted by Gasteiger charge is -2.18. The Labute approximate surface area is 118 Å². The Morgan fingerprint density at radius 3 is 2.65 bits per heavy atom. The Morgan fingerprint density at radius 1 is 1.35 bits per heavy atom. The van der Waals surface area contributed by atoms with Crippen molar-refractivity contribution < 1.29 is 14.7 Å². The summed E-state index contributed by atoms with van der Waals surface area (Å²) in [5.41, 5.74) is 0.482. The van der Waals surface area contributed by atoms with Crippen LogP contribution in [0, 0.1) is 0 Å². The summed E-state index contributed by atoms with van der Waals surface area (Å²) >= 11 is 0. The fraction of sp³-hybridized carbons (Fsp3) is 0.583. The molecule has 0 aliphatic heterocycles. The molecular weight excluding hydrogens is 262 g/mol. The van der Waals surface area contributed by atoms with Gasteiger partial charge in [0.25, 0.3) is 0 Å². The van der Waals surface area contributed by atoms with Gasteiger partial charge in [-0.05, 0) is 27.1 Å². The van der Waals surface area contributed by atoms with Crippen LogP contribution in [-0.2, 0) is 11.3 Å². The molecule has 0 aliphatic carbocycles. The Kier molecular flexibility index (Phi) is 5.98. The second-order valence-electron chi connectivity index (χ2n) is 4.83. The van der Waals surface area contributed by atoms with E-state index in [1.807, 2.05) is 14.1 Å². The predicted octanol–water partition coefficient (Wildman–Crippen LogP) is 0.383. The van der Waals surface area contributed by atoms with Gasteiger partial charge < -0.3 is 20.2 Å². The molecule has 0 atom stereocenters. The number of carbonyl (C=O) groups excluding carboxylic acids is 1. The summed E-state index contributed by atoms with van der Waals surface area (Å²) in [6.45, 7) is 1.33. The molecule has 1 rings (SSSR count). The zero-order valence-corrected chi connectivity index (χ0v) is 12.0. The fourth-order valence-electron chi connectivity index (χ4n) is 1.60. The zero-order valence-electron chi connectivity index (χ0n) is 12.0. The summed E-state index contributed by atoms with van der Waals surface area (Å²) in [7, 11) is 5.68. The third kappa shape index (κ3) is 5.70. The van der Waals surface area contributed by atoms with Crippen molar-refractivity contribution in [3.05, 3.63) is 12.4 Å². The molecule has 1 aromatic rings. The van der Waals surface area contributed by atoms with Crippen LogP contribution in [-0.4, -0.2) is 70.9 Å². The standard InChI is InChI=1S/C12H21N5O3/c1-15(2)5-4-6-16(3)12(20)14-10-7-13-17(8-10)9-11(18)19/h7-8H,4-6,9H2,1-3H3,(H,14,20)(H,18,19). The Bertz CT molecular complexity index is 458. The van der Waals surface area contributed by atoms with E-state index in [9.17, 15) is 9.59 Å². The van der Waals surface area contributed by atoms with Crippen molar-refractivity contribution in [2.75, 3.05) is 39.5 Å². The van der Waals surface area contributed by atoms with Crippen LogP contribution in [0.5, 0.6) is 0 Å². The highest BCUT2D eigenvalue weighted by Gasteiger charge is 2.10. The molecule has 20 heavy (non-hydrogen) atoms. The summed E-state index contributed by atoms with van der Waals surface area (Å²) < 4.78 is 1.25. The molecule has 0 saturated heterocycles. The van der Waals surface area contributed by atoms with Crippen LogP contribution in [0.15, 0.2) is 12.4 Å². The average Bonchev–Trinajstić information content (AvgIpc) is 2.74. The zero-order chi connectivity index (χ0) is 15.1. The number of rotatable bonds is 7. The van der Waals surface area contributed by atoms with Crippen molar-refractivity contribution in [2.24, 2.45) is 0 Å². The summed E-state index contributed by atoms with van der Waals surface area (Å²) in [4.78, 5) is 26.0. The van der Waals surface area contributed by atoms with E-state index in [-0.39, 0.29) is 12.6 Å². The highest BCUT2D eigenvalue weighted by molar-refractivity contribution is 5.88. The first-order chi connectivity index (χ1) is 9.38. The lowest BCUT2D eigenvalue weighted by molar-refractivity contribution is -0.137. The van der Waals surface area contributed by atoms with Crippen LogP contribution in [0.1, 0.15) is 6.42 Å². The molecule has 112 valence electrons. The van der Waals surface area contributed by atoms with Crippen molar-refractivity contribution in [1.29, 1.82) is 0 Å². The second-order valence-corrected chi connectivity index (χ2v) is 4.83. The average molecular weight is 283 g/mol. The smallest absolute Gasteiger partial charge is 0.325 e. The molecule has 0 fully saturated rings. The van der Waals surface area contributed by atoms with E-state index < -0.39 is 5.97 Å². The number of nitrogens with zero attached hydrogens (tertiary/aromatic N) is 4. The number of carboxylic acid groups (broad SMARTS) is 1. The van der Waals surface area contributed by atoms with E-state index in [4.69, 9.17) is 5.11 Å². The molecule has 1 heterocycles. The van der Waals surface area contributed by atoms with Gasteiger partial charge in [0.1, 0.15) is 6.54 Å². The molecule has 0 bridgehead atoms. The molecule has 8 heteroatoms. The number of aliphatic carboxylic acids is 1. The predicted molar refractivity (Wildman–Crippen MR) is 74.7 cm³/mol. The van der Waals surface area contributed by atoms with E-state index in [2.05, 4.69) is 15.3 Å². The van der Waals surface area contributed by atoms with Crippen molar-refractivity contribution in [3.63, 3.8) is 0 Å². The van der Waals surface area contributed by atoms with Gasteiger partial charge in [-0.1, -0.05) is 0 Å². The maximum absolute atomic E-state index is 11.9. The number of amides is 2. The first-order valence-electron chi connectivity index (χ1n) is 6.29. The molecule has 0 aromatic carbocycles. The number of carbonyl (C=O) groups is 2. The van der Waals surface area contributed by atoms with Gasteiger partial charge in [-0.25, -0.2) is 4.79 Å². The van der Waals surface area contributed by atoms with Gasteiger partial charge in [0.05, 0.1) is 11.9 Å². The number of hydrogen-bond acceptors (Lipinski definition) is 4. The molecule has 0 aliphatic rings. The lowest BCUT2D eigenvalue weighted by atomic mass is 10.4. The quantitative estimate of drug-likeness (QED) is 0.755. The number of aromatic nitrogens is 2. The second kappa shape index (κ2) is 7.49. The van der Waals surface area contributed by atoms with Crippen LogP contribution in [0.4, 0.5) is 10.5 Å². The van der Waals surface area contributed by atoms with E-state index in [1.54, 1.807) is 11.9 Å². The number of carboxylic acids is 1. The normalized spacial score (nSPS) is 10.6. The van der Waals surface area contributed by atoms with E-state index in [0.29, 0.717) is 12.2 Å². The summed E-state index contributed by atoms with van der Waals surface area (Å²) in [5, 5.41) is 15.1. The van der Waals surface area contributed by atoms with Gasteiger partial charge in [0.2, 0.25) is 0 Å². The van der Waals surface area contributed by atoms with Gasteiger partial charge in [0, 0.05) is 19.8 Å². The largest absolute Gasteiger partial charge is 0.480 e. The monoisotopic (exact) mass is 283 g/mol. The van der Waals surface area contributed by atoms with Gasteiger partial charge in [-0.2, -0.15) is 5.10 Å². The number of nitrogens with one attached hydrogen (secondary N) is 1. The van der Waals surface area contributed by atoms with Gasteiger partial charge in [-0.3, -0.25) is 9.48 Å². The third-order valence-corrected chi connectivity index (χ3v) is 2.63. The minimum atomic E-state index is -0.980. The SMILES string of the molecule is CN(C)CCCN(C)C(=O)Nc1cnn(CC(=O)O)c1. The van der Waals surface area contributed by atoms with Crippen molar-refractivity contribution in [3.8, 4) is 0 Å². The van der Waals surface area contributed by atoms with Crippen LogP contribution in [0.3, 0.4) is 0 Å². The molecule has 8 nitrogen and oxygen atoms in total. The maximum atomic E-state index is 11.9. The Morgan fingerprint density at radius 2 is 2.05 bits per heavy atom. The molecule has 0 saturated carbocycles. The lowest BCUT2D eigenvalue weighted by Crippen LogP contribution is -2.33. The number of urea groups is 1. The number of anilines is 1. The third-order valence-electron chi connectivity index (χ3n) is 2.63. The first-order valence-corrected chi connectivity index (χ1v) is 6.29. The summed E-state index contributed by atoms with van der Waals surface area (Å²) in [6, 6.07) is -0.237. The molecule has 1 aromatic heterocycles. The highest BCUT2D eigenvalue weighted by Crippen LogP contribution is 2.06. The molecule has 0 radical (unpaired) electrons. The van der Waals surface area contributed by atoms with Crippen LogP contribution >= 0.6 is 0 Å². The molecule has 2 N–H and O–H groups in total. The van der Waals surface area contributed by atoms with Crippen LogP contribution in [0.25, 0.3) is 0 Å². The Balaban J connectivity index is 2.40. The molecule has 2 amide bonds. The Hall–Kier alpha value is -2.09. The van der Waals surface area contributed by atoms with Crippen molar-refractivity contribution in [2.45, 2.75) is 13.0 Å². The summed E-state index contributed by atoms with van der Waals surface area (Å²) in [6.07, 6.45) is 3.80. The topological polar surface area (TPSA) is 90.7 Å². The highest BCUT2D eigenvalue weighted by atomic mass is 16.4. The van der Waals surface area contributed by atoms with Crippen molar-refractivity contribution >= 4 is 17.7 Å². The van der Waals surface area contributed by atoms with Crippen molar-refractivity contribution in [1.82, 2.24) is 19.6 Å². The van der Waals surface area contributed by atoms with E-state index >= 15 is 0 Å². The molecule has 0 spiro atoms. The van der Waals surface area contributed by atoms with Gasteiger partial charge in [-0.15, -0.1) is 0 Å². The van der Waals surface area contributed by atoms with Crippen LogP contribution < -0.4 is 5.32 Å². The van der Waals surface area contributed by atoms with Gasteiger partial charge in [0.15, 0.2) is 0 Å². The fourth-order valence-corrected chi connectivity index (χ4v) is 1.60. The van der Waals surface area contributed by atoms with Gasteiger partial charge >= 0.3 is 12.0 Å². The minimum absolute atomic E-state index is 0.228. The first kappa shape index (κ1) is 16.0. The summed E-state index contributed by atoms with van der Waals surface area (Å²) in [5.74, 6) is -0.980. The van der Waals surface area contributed by atoms with Crippen LogP contribution in [0.2, 0.25) is 0 Å². The van der Waals surface area contributed by atoms with E-state index in [1.165, 1.54) is 17.1 Å². The number of hydrogen-bond donors (Lipinski definition) is 2. The van der Waals surface area contributed by atoms with E-state index in [0.717, 1.165) is 13.0 Å².